The van der Waals surface area contributed by atoms with E-state index in [-0.39, 0.29) is 6.10 Å². The standard InChI is InChI=1S/C15H24N2O2.C2H6/c1-11-2-3-14(12-5-7-19-10-12)15(16-11)9-17-6-4-13(18)8-17;1-2/h12-13,18H,2-10H2,1H3;1-2H3. The maximum atomic E-state index is 9.64. The van der Waals surface area contributed by atoms with Crippen LogP contribution in [0.1, 0.15) is 46.5 Å². The molecule has 0 radical (unpaired) electrons. The molecule has 4 heteroatoms. The average Bonchev–Trinajstić information content (AvgIpc) is 3.13. The van der Waals surface area contributed by atoms with Crippen LogP contribution in [-0.4, -0.2) is 54.7 Å². The molecule has 0 aliphatic carbocycles. The molecule has 3 rings (SSSR count). The van der Waals surface area contributed by atoms with Crippen LogP contribution >= 0.6 is 0 Å². The Morgan fingerprint density at radius 1 is 1.29 bits per heavy atom. The Kier molecular flexibility index (Phi) is 6.40. The molecule has 3 aliphatic rings. The second-order valence-electron chi connectivity index (χ2n) is 6.06. The van der Waals surface area contributed by atoms with Gasteiger partial charge in [0.1, 0.15) is 0 Å². The number of aliphatic hydroxyl groups excluding tert-OH is 1. The van der Waals surface area contributed by atoms with Crippen molar-refractivity contribution in [2.45, 2.75) is 52.6 Å². The maximum Gasteiger partial charge on any atom is 0.0679 e. The minimum atomic E-state index is -0.146. The molecule has 2 unspecified atom stereocenters. The molecule has 3 aliphatic heterocycles. The second kappa shape index (κ2) is 8.06. The van der Waals surface area contributed by atoms with Crippen LogP contribution < -0.4 is 0 Å². The first kappa shape index (κ1) is 16.7. The molecule has 21 heavy (non-hydrogen) atoms. The molecule has 0 aromatic rings. The number of ether oxygens (including phenoxy) is 1. The second-order valence-corrected chi connectivity index (χ2v) is 6.06. The summed E-state index contributed by atoms with van der Waals surface area (Å²) >= 11 is 0. The molecule has 2 saturated heterocycles. The lowest BCUT2D eigenvalue weighted by molar-refractivity contribution is 0.178. The van der Waals surface area contributed by atoms with E-state index < -0.39 is 0 Å². The Bertz CT molecular complexity index is 398. The number of nitrogens with zero attached hydrogens (tertiary/aromatic N) is 2. The van der Waals surface area contributed by atoms with Gasteiger partial charge >= 0.3 is 0 Å². The summed E-state index contributed by atoms with van der Waals surface area (Å²) < 4.78 is 5.54. The Morgan fingerprint density at radius 3 is 2.71 bits per heavy atom. The molecular formula is C17H30N2O2. The molecule has 0 aromatic heterocycles. The molecule has 4 nitrogen and oxygen atoms in total. The number of aliphatic imine (C=N–C) groups is 1. The van der Waals surface area contributed by atoms with Gasteiger partial charge in [0.2, 0.25) is 0 Å². The number of hydrogen-bond donors (Lipinski definition) is 1. The fraction of sp³-hybridized carbons (Fsp3) is 0.824. The van der Waals surface area contributed by atoms with Crippen LogP contribution in [0.2, 0.25) is 0 Å². The van der Waals surface area contributed by atoms with Crippen molar-refractivity contribution in [3.8, 4) is 0 Å². The minimum absolute atomic E-state index is 0.146. The fourth-order valence-corrected chi connectivity index (χ4v) is 3.37. The summed E-state index contributed by atoms with van der Waals surface area (Å²) in [5.41, 5.74) is 4.02. The smallest absolute Gasteiger partial charge is 0.0679 e. The van der Waals surface area contributed by atoms with Crippen molar-refractivity contribution in [1.82, 2.24) is 4.90 Å². The third-order valence-electron chi connectivity index (χ3n) is 4.50. The maximum absolute atomic E-state index is 9.64. The van der Waals surface area contributed by atoms with Gasteiger partial charge in [-0.15, -0.1) is 0 Å². The van der Waals surface area contributed by atoms with E-state index in [0.29, 0.717) is 5.92 Å². The predicted octanol–water partition coefficient (Wildman–Crippen LogP) is 2.62. The van der Waals surface area contributed by atoms with Crippen molar-refractivity contribution in [1.29, 1.82) is 0 Å². The highest BCUT2D eigenvalue weighted by Gasteiger charge is 2.27. The van der Waals surface area contributed by atoms with Crippen molar-refractivity contribution in [2.24, 2.45) is 10.9 Å². The van der Waals surface area contributed by atoms with E-state index in [0.717, 1.165) is 58.5 Å². The largest absolute Gasteiger partial charge is 0.392 e. The molecule has 0 saturated carbocycles. The van der Waals surface area contributed by atoms with Crippen molar-refractivity contribution in [3.05, 3.63) is 11.3 Å². The summed E-state index contributed by atoms with van der Waals surface area (Å²) in [5.74, 6) is 0.583. The van der Waals surface area contributed by atoms with Crippen LogP contribution in [-0.2, 0) is 4.74 Å². The van der Waals surface area contributed by atoms with E-state index in [2.05, 4.69) is 11.8 Å². The molecule has 2 fully saturated rings. The summed E-state index contributed by atoms with van der Waals surface area (Å²) in [6.45, 7) is 10.6. The third kappa shape index (κ3) is 4.38. The molecule has 0 bridgehead atoms. The normalized spacial score (nSPS) is 30.2. The van der Waals surface area contributed by atoms with Gasteiger partial charge in [0.05, 0.1) is 18.4 Å². The van der Waals surface area contributed by atoms with E-state index in [1.165, 1.54) is 17.0 Å². The number of β-amino-alcohol motifs (C(OH)–C–C–N with tert-alkyl or cyclic N) is 1. The van der Waals surface area contributed by atoms with Crippen LogP contribution in [0.25, 0.3) is 0 Å². The van der Waals surface area contributed by atoms with Crippen molar-refractivity contribution < 1.29 is 9.84 Å². The minimum Gasteiger partial charge on any atom is -0.392 e. The zero-order chi connectivity index (χ0) is 15.2. The van der Waals surface area contributed by atoms with Gasteiger partial charge in [-0.05, 0) is 38.2 Å². The van der Waals surface area contributed by atoms with E-state index in [1.807, 2.05) is 13.8 Å². The molecule has 0 spiro atoms. The number of aliphatic hydroxyl groups is 1. The van der Waals surface area contributed by atoms with Crippen LogP contribution in [0.3, 0.4) is 0 Å². The molecule has 120 valence electrons. The van der Waals surface area contributed by atoms with Gasteiger partial charge in [-0.3, -0.25) is 9.89 Å². The van der Waals surface area contributed by atoms with Crippen molar-refractivity contribution in [3.63, 3.8) is 0 Å². The lowest BCUT2D eigenvalue weighted by atomic mass is 9.89. The lowest BCUT2D eigenvalue weighted by Gasteiger charge is -2.25. The van der Waals surface area contributed by atoms with Crippen LogP contribution in [0, 0.1) is 5.92 Å². The lowest BCUT2D eigenvalue weighted by Crippen LogP contribution is -2.27. The molecular weight excluding hydrogens is 264 g/mol. The van der Waals surface area contributed by atoms with Gasteiger partial charge in [-0.2, -0.15) is 0 Å². The number of rotatable bonds is 3. The highest BCUT2D eigenvalue weighted by atomic mass is 16.5. The summed E-state index contributed by atoms with van der Waals surface area (Å²) in [7, 11) is 0. The first-order valence-corrected chi connectivity index (χ1v) is 8.46. The van der Waals surface area contributed by atoms with Gasteiger partial charge < -0.3 is 9.84 Å². The van der Waals surface area contributed by atoms with Crippen LogP contribution in [0.4, 0.5) is 0 Å². The van der Waals surface area contributed by atoms with E-state index in [1.54, 1.807) is 0 Å². The van der Waals surface area contributed by atoms with Gasteiger partial charge in [0.15, 0.2) is 0 Å². The summed E-state index contributed by atoms with van der Waals surface area (Å²) in [6.07, 6.45) is 4.15. The predicted molar refractivity (Wildman–Crippen MR) is 86.7 cm³/mol. The van der Waals surface area contributed by atoms with Crippen molar-refractivity contribution >= 4 is 5.71 Å². The molecule has 2 atom stereocenters. The molecule has 0 amide bonds. The summed E-state index contributed by atoms with van der Waals surface area (Å²) in [4.78, 5) is 7.15. The van der Waals surface area contributed by atoms with Crippen LogP contribution in [0.15, 0.2) is 16.3 Å². The first-order valence-electron chi connectivity index (χ1n) is 8.46. The molecule has 1 N–H and O–H groups in total. The Labute approximate surface area is 128 Å². The van der Waals surface area contributed by atoms with Crippen LogP contribution in [0.5, 0.6) is 0 Å². The summed E-state index contributed by atoms with van der Waals surface area (Å²) in [6, 6.07) is 0. The highest BCUT2D eigenvalue weighted by Crippen LogP contribution is 2.32. The van der Waals surface area contributed by atoms with E-state index in [9.17, 15) is 5.11 Å². The number of hydrogen-bond acceptors (Lipinski definition) is 4. The quantitative estimate of drug-likeness (QED) is 0.870. The molecule has 3 heterocycles. The Balaban J connectivity index is 0.000000774. The van der Waals surface area contributed by atoms with E-state index >= 15 is 0 Å². The van der Waals surface area contributed by atoms with Gasteiger partial charge in [0, 0.05) is 37.9 Å². The van der Waals surface area contributed by atoms with Gasteiger partial charge in [-0.25, -0.2) is 0 Å². The molecule has 0 aromatic carbocycles. The topological polar surface area (TPSA) is 45.1 Å². The van der Waals surface area contributed by atoms with Gasteiger partial charge in [-0.1, -0.05) is 13.8 Å². The highest BCUT2D eigenvalue weighted by molar-refractivity contribution is 5.84. The fourth-order valence-electron chi connectivity index (χ4n) is 3.37. The Morgan fingerprint density at radius 2 is 2.10 bits per heavy atom. The third-order valence-corrected chi connectivity index (χ3v) is 4.50. The monoisotopic (exact) mass is 294 g/mol. The SMILES string of the molecule is CC.CC1=NC(CN2CCC(O)C2)=C(C2CCOC2)CC1. The average molecular weight is 294 g/mol. The zero-order valence-corrected chi connectivity index (χ0v) is 13.8. The zero-order valence-electron chi connectivity index (χ0n) is 13.8. The summed E-state index contributed by atoms with van der Waals surface area (Å²) in [5, 5.41) is 9.64. The van der Waals surface area contributed by atoms with Crippen molar-refractivity contribution in [2.75, 3.05) is 32.8 Å². The van der Waals surface area contributed by atoms with E-state index in [4.69, 9.17) is 9.73 Å². The first-order chi connectivity index (χ1) is 10.2. The Hall–Kier alpha value is -0.710. The van der Waals surface area contributed by atoms with Gasteiger partial charge in [0.25, 0.3) is 0 Å². The number of likely N-dealkylation sites (tertiary alicyclic amines) is 1.